The number of likely N-dealkylation sites (N-methyl/N-ethyl adjacent to an activating group) is 1. The summed E-state index contributed by atoms with van der Waals surface area (Å²) < 4.78 is 0. The summed E-state index contributed by atoms with van der Waals surface area (Å²) in [5.41, 5.74) is 2.41. The fourth-order valence-corrected chi connectivity index (χ4v) is 4.33. The molecule has 2 aliphatic heterocycles. The van der Waals surface area contributed by atoms with Gasteiger partial charge in [0.15, 0.2) is 5.96 Å². The van der Waals surface area contributed by atoms with Gasteiger partial charge in [-0.15, -0.1) is 24.0 Å². The maximum Gasteiger partial charge on any atom is 0.194 e. The molecule has 0 bridgehead atoms. The maximum atomic E-state index is 6.16. The average molecular weight is 570 g/mol. The number of hydrogen-bond acceptors (Lipinski definition) is 5. The summed E-state index contributed by atoms with van der Waals surface area (Å²) >= 11 is 6.16. The Bertz CT molecular complexity index is 893. The second kappa shape index (κ2) is 11.9. The Hall–Kier alpha value is -1.78. The molecule has 9 heteroatoms. The second-order valence-electron chi connectivity index (χ2n) is 8.17. The van der Waals surface area contributed by atoms with Crippen molar-refractivity contribution in [1.82, 2.24) is 20.1 Å². The van der Waals surface area contributed by atoms with Crippen LogP contribution >= 0.6 is 35.6 Å². The van der Waals surface area contributed by atoms with E-state index in [4.69, 9.17) is 11.6 Å². The third kappa shape index (κ3) is 6.39. The number of aromatic nitrogens is 1. The van der Waals surface area contributed by atoms with Crippen LogP contribution in [0.3, 0.4) is 0 Å². The molecule has 2 aliphatic rings. The molecule has 1 N–H and O–H groups in total. The summed E-state index contributed by atoms with van der Waals surface area (Å²) in [6.45, 7) is 8.70. The number of guanidine groups is 1. The van der Waals surface area contributed by atoms with E-state index in [-0.39, 0.29) is 24.0 Å². The minimum atomic E-state index is 0. The van der Waals surface area contributed by atoms with Crippen molar-refractivity contribution in [3.8, 4) is 0 Å². The van der Waals surface area contributed by atoms with Gasteiger partial charge in [0.2, 0.25) is 0 Å². The maximum absolute atomic E-state index is 6.16. The number of anilines is 2. The molecule has 0 saturated carbocycles. The van der Waals surface area contributed by atoms with Gasteiger partial charge in [-0.05, 0) is 42.9 Å². The molecule has 3 heterocycles. The van der Waals surface area contributed by atoms with E-state index in [2.05, 4.69) is 60.1 Å². The first-order chi connectivity index (χ1) is 15.1. The number of hydrogen-bond donors (Lipinski definition) is 1. The van der Waals surface area contributed by atoms with Gasteiger partial charge >= 0.3 is 0 Å². The first-order valence-corrected chi connectivity index (χ1v) is 11.3. The topological polar surface area (TPSA) is 50.2 Å². The van der Waals surface area contributed by atoms with Crippen molar-refractivity contribution < 1.29 is 0 Å². The van der Waals surface area contributed by atoms with Crippen molar-refractivity contribution in [2.45, 2.75) is 6.54 Å². The zero-order chi connectivity index (χ0) is 21.6. The molecule has 2 fully saturated rings. The molecule has 2 aromatic rings. The van der Waals surface area contributed by atoms with Crippen LogP contribution in [0, 0.1) is 0 Å². The Morgan fingerprint density at radius 2 is 1.72 bits per heavy atom. The molecule has 0 aliphatic carbocycles. The Morgan fingerprint density at radius 3 is 2.41 bits per heavy atom. The zero-order valence-corrected chi connectivity index (χ0v) is 22.0. The number of benzene rings is 1. The highest BCUT2D eigenvalue weighted by atomic mass is 127. The van der Waals surface area contributed by atoms with E-state index in [1.165, 1.54) is 11.3 Å². The second-order valence-corrected chi connectivity index (χ2v) is 8.60. The van der Waals surface area contributed by atoms with Crippen molar-refractivity contribution in [3.05, 3.63) is 53.2 Å². The van der Waals surface area contributed by atoms with E-state index < -0.39 is 0 Å². The fourth-order valence-electron chi connectivity index (χ4n) is 4.14. The van der Waals surface area contributed by atoms with Gasteiger partial charge < -0.3 is 24.9 Å². The molecule has 1 aromatic carbocycles. The SMILES string of the molecule is CN=C(NCc1ccnc(N2CCN(C)CC2)c1)N1CCN(c2cccc(Cl)c2)CC1.I. The van der Waals surface area contributed by atoms with Crippen LogP contribution in [0.25, 0.3) is 0 Å². The van der Waals surface area contributed by atoms with E-state index in [9.17, 15) is 0 Å². The van der Waals surface area contributed by atoms with Gasteiger partial charge in [0.05, 0.1) is 0 Å². The molecule has 0 unspecified atom stereocenters. The summed E-state index contributed by atoms with van der Waals surface area (Å²) in [6, 6.07) is 12.4. The van der Waals surface area contributed by atoms with E-state index in [1.54, 1.807) is 0 Å². The lowest BCUT2D eigenvalue weighted by atomic mass is 10.2. The fraction of sp³-hybridized carbons (Fsp3) is 0.478. The molecule has 0 spiro atoms. The highest BCUT2D eigenvalue weighted by molar-refractivity contribution is 14.0. The van der Waals surface area contributed by atoms with Crippen molar-refractivity contribution in [3.63, 3.8) is 0 Å². The van der Waals surface area contributed by atoms with Gasteiger partial charge in [-0.1, -0.05) is 17.7 Å². The minimum absolute atomic E-state index is 0. The molecule has 2 saturated heterocycles. The number of nitrogens with zero attached hydrogens (tertiary/aromatic N) is 6. The van der Waals surface area contributed by atoms with Gasteiger partial charge in [-0.2, -0.15) is 0 Å². The number of piperazine rings is 2. The third-order valence-corrected chi connectivity index (χ3v) is 6.29. The van der Waals surface area contributed by atoms with Gasteiger partial charge in [0, 0.05) is 82.9 Å². The van der Waals surface area contributed by atoms with E-state index >= 15 is 0 Å². The number of nitrogens with one attached hydrogen (secondary N) is 1. The Kier molecular flexibility index (Phi) is 9.24. The summed E-state index contributed by atoms with van der Waals surface area (Å²) in [7, 11) is 4.03. The first-order valence-electron chi connectivity index (χ1n) is 11.0. The molecule has 7 nitrogen and oxygen atoms in total. The highest BCUT2D eigenvalue weighted by Gasteiger charge is 2.20. The smallest absolute Gasteiger partial charge is 0.194 e. The van der Waals surface area contributed by atoms with Gasteiger partial charge in [0.1, 0.15) is 5.82 Å². The normalized spacial score (nSPS) is 17.8. The highest BCUT2D eigenvalue weighted by Crippen LogP contribution is 2.21. The zero-order valence-electron chi connectivity index (χ0n) is 18.9. The number of rotatable bonds is 4. The van der Waals surface area contributed by atoms with Crippen LogP contribution in [-0.2, 0) is 6.54 Å². The van der Waals surface area contributed by atoms with Gasteiger partial charge in [-0.3, -0.25) is 4.99 Å². The lowest BCUT2D eigenvalue weighted by molar-refractivity contribution is 0.312. The molecule has 32 heavy (non-hydrogen) atoms. The molecular weight excluding hydrogens is 537 g/mol. The van der Waals surface area contributed by atoms with Crippen LogP contribution in [0.1, 0.15) is 5.56 Å². The standard InChI is InChI=1S/C23H32ClN7.HI/c1-25-23(31-14-12-29(13-15-31)21-5-3-4-20(24)17-21)27-18-19-6-7-26-22(16-19)30-10-8-28(2)9-11-30;/h3-7,16-17H,8-15,18H2,1-2H3,(H,25,27);1H. The molecular formula is C23H33ClIN7. The van der Waals surface area contributed by atoms with Gasteiger partial charge in [-0.25, -0.2) is 4.98 Å². The lowest BCUT2D eigenvalue weighted by Crippen LogP contribution is -2.52. The van der Waals surface area contributed by atoms with Crippen molar-refractivity contribution in [1.29, 1.82) is 0 Å². The monoisotopic (exact) mass is 569 g/mol. The average Bonchev–Trinajstić information content (AvgIpc) is 2.80. The predicted octanol–water partition coefficient (Wildman–Crippen LogP) is 3.00. The van der Waals surface area contributed by atoms with Crippen molar-refractivity contribution in [2.24, 2.45) is 4.99 Å². The molecule has 1 aromatic heterocycles. The van der Waals surface area contributed by atoms with Crippen LogP contribution in [0.15, 0.2) is 47.6 Å². The molecule has 0 atom stereocenters. The number of halogens is 2. The summed E-state index contributed by atoms with van der Waals surface area (Å²) in [6.07, 6.45) is 1.91. The van der Waals surface area contributed by atoms with Crippen LogP contribution < -0.4 is 15.1 Å². The summed E-state index contributed by atoms with van der Waals surface area (Å²) in [5, 5.41) is 4.32. The van der Waals surface area contributed by atoms with E-state index in [1.807, 2.05) is 31.4 Å². The molecule has 4 rings (SSSR count). The number of aliphatic imine (C=N–C) groups is 1. The summed E-state index contributed by atoms with van der Waals surface area (Å²) in [4.78, 5) is 18.5. The number of pyridine rings is 1. The Balaban J connectivity index is 0.00000289. The predicted molar refractivity (Wildman–Crippen MR) is 145 cm³/mol. The Morgan fingerprint density at radius 1 is 1.00 bits per heavy atom. The van der Waals surface area contributed by atoms with Crippen molar-refractivity contribution >= 4 is 53.0 Å². The van der Waals surface area contributed by atoms with Crippen LogP contribution in [0.4, 0.5) is 11.5 Å². The van der Waals surface area contributed by atoms with E-state index in [0.29, 0.717) is 0 Å². The Labute approximate surface area is 213 Å². The van der Waals surface area contributed by atoms with Crippen LogP contribution in [0.2, 0.25) is 5.02 Å². The van der Waals surface area contributed by atoms with Crippen molar-refractivity contribution in [2.75, 3.05) is 76.3 Å². The molecule has 174 valence electrons. The lowest BCUT2D eigenvalue weighted by Gasteiger charge is -2.37. The third-order valence-electron chi connectivity index (χ3n) is 6.05. The quantitative estimate of drug-likeness (QED) is 0.347. The molecule has 0 amide bonds. The summed E-state index contributed by atoms with van der Waals surface area (Å²) in [5.74, 6) is 2.02. The largest absolute Gasteiger partial charge is 0.368 e. The first kappa shape index (κ1) is 24.9. The van der Waals surface area contributed by atoms with Crippen LogP contribution in [0.5, 0.6) is 0 Å². The van der Waals surface area contributed by atoms with Crippen LogP contribution in [-0.4, -0.2) is 87.2 Å². The van der Waals surface area contributed by atoms with Gasteiger partial charge in [0.25, 0.3) is 0 Å². The van der Waals surface area contributed by atoms with E-state index in [0.717, 1.165) is 75.7 Å². The molecule has 0 radical (unpaired) electrons. The minimum Gasteiger partial charge on any atom is -0.368 e.